The fourth-order valence-electron chi connectivity index (χ4n) is 2.90. The molecule has 2 aromatic carbocycles. The van der Waals surface area contributed by atoms with Gasteiger partial charge in [0.05, 0.1) is 18.8 Å². The van der Waals surface area contributed by atoms with Crippen LogP contribution in [-0.4, -0.2) is 16.9 Å². The van der Waals surface area contributed by atoms with Crippen molar-refractivity contribution in [3.63, 3.8) is 0 Å². The lowest BCUT2D eigenvalue weighted by Crippen LogP contribution is -2.24. The molecule has 0 aliphatic rings. The van der Waals surface area contributed by atoms with Gasteiger partial charge in [0, 0.05) is 36.4 Å². The van der Waals surface area contributed by atoms with Crippen molar-refractivity contribution in [2.75, 3.05) is 7.11 Å². The fourth-order valence-corrected chi connectivity index (χ4v) is 3.07. The van der Waals surface area contributed by atoms with Crippen LogP contribution in [0.4, 0.5) is 8.78 Å². The Morgan fingerprint density at radius 3 is 2.59 bits per heavy atom. The highest BCUT2D eigenvalue weighted by Crippen LogP contribution is 2.25. The molecule has 0 bridgehead atoms. The van der Waals surface area contributed by atoms with Crippen LogP contribution >= 0.6 is 11.6 Å². The summed E-state index contributed by atoms with van der Waals surface area (Å²) in [6.45, 7) is 0.477. The Morgan fingerprint density at radius 1 is 1.15 bits per heavy atom. The van der Waals surface area contributed by atoms with E-state index in [2.05, 4.69) is 10.4 Å². The monoisotopic (exact) mass is 391 g/mol. The minimum absolute atomic E-state index is 0.258. The molecule has 4 nitrogen and oxygen atoms in total. The summed E-state index contributed by atoms with van der Waals surface area (Å²) in [7, 11) is 3.40. The summed E-state index contributed by atoms with van der Waals surface area (Å²) in [6.07, 6.45) is 2.16. The van der Waals surface area contributed by atoms with E-state index in [0.717, 1.165) is 17.3 Å². The number of hydrogen-bond donors (Lipinski definition) is 1. The average molecular weight is 392 g/mol. The number of methoxy groups -OCH3 is 1. The number of benzene rings is 2. The number of rotatable bonds is 7. The fraction of sp³-hybridized carbons (Fsp3) is 0.250. The van der Waals surface area contributed by atoms with Crippen molar-refractivity contribution in [2.24, 2.45) is 7.05 Å². The Kier molecular flexibility index (Phi) is 6.08. The largest absolute Gasteiger partial charge is 0.496 e. The average Bonchev–Trinajstić information content (AvgIpc) is 3.07. The molecule has 27 heavy (non-hydrogen) atoms. The summed E-state index contributed by atoms with van der Waals surface area (Å²) in [4.78, 5) is 0. The number of halogens is 3. The zero-order chi connectivity index (χ0) is 19.4. The molecule has 1 atom stereocenters. The second-order valence-electron chi connectivity index (χ2n) is 6.24. The summed E-state index contributed by atoms with van der Waals surface area (Å²) in [5.74, 6) is -0.492. The Bertz CT molecular complexity index is 929. The van der Waals surface area contributed by atoms with Crippen molar-refractivity contribution in [3.05, 3.63) is 82.1 Å². The van der Waals surface area contributed by atoms with Crippen molar-refractivity contribution in [1.29, 1.82) is 0 Å². The van der Waals surface area contributed by atoms with Crippen molar-refractivity contribution in [1.82, 2.24) is 15.1 Å². The summed E-state index contributed by atoms with van der Waals surface area (Å²) < 4.78 is 34.4. The summed E-state index contributed by atoms with van der Waals surface area (Å²) in [5.41, 5.74) is 2.11. The van der Waals surface area contributed by atoms with E-state index < -0.39 is 11.6 Å². The molecule has 3 aromatic rings. The molecule has 0 fully saturated rings. The highest BCUT2D eigenvalue weighted by atomic mass is 35.5. The van der Waals surface area contributed by atoms with Crippen LogP contribution in [-0.2, 0) is 20.0 Å². The normalized spacial score (nSPS) is 12.2. The molecule has 142 valence electrons. The predicted molar refractivity (Wildman–Crippen MR) is 101 cm³/mol. The van der Waals surface area contributed by atoms with Crippen LogP contribution < -0.4 is 10.1 Å². The number of aromatic nitrogens is 2. The van der Waals surface area contributed by atoms with Crippen LogP contribution in [0, 0.1) is 11.6 Å². The third kappa shape index (κ3) is 4.84. The highest BCUT2D eigenvalue weighted by molar-refractivity contribution is 6.30. The molecule has 1 aromatic heterocycles. The second kappa shape index (κ2) is 8.50. The third-order valence-corrected chi connectivity index (χ3v) is 4.55. The standard InChI is InChI=1S/C20H20ClF2N3O/c1-26-8-7-18(25-26)19(9-13-4-6-16(22)11-17(13)23)24-12-14-3-5-15(21)10-20(14)27-2/h3-8,10-11,19,24H,9,12H2,1-2H3. The lowest BCUT2D eigenvalue weighted by atomic mass is 10.0. The van der Waals surface area contributed by atoms with Gasteiger partial charge in [0.25, 0.3) is 0 Å². The van der Waals surface area contributed by atoms with Gasteiger partial charge in [0.15, 0.2) is 0 Å². The van der Waals surface area contributed by atoms with Crippen molar-refractivity contribution < 1.29 is 13.5 Å². The Labute approximate surface area is 161 Å². The van der Waals surface area contributed by atoms with E-state index in [4.69, 9.17) is 16.3 Å². The van der Waals surface area contributed by atoms with E-state index in [0.29, 0.717) is 29.3 Å². The lowest BCUT2D eigenvalue weighted by molar-refractivity contribution is 0.404. The van der Waals surface area contributed by atoms with Gasteiger partial charge < -0.3 is 10.1 Å². The van der Waals surface area contributed by atoms with Gasteiger partial charge in [0.2, 0.25) is 0 Å². The van der Waals surface area contributed by atoms with E-state index in [1.807, 2.05) is 25.4 Å². The molecule has 1 unspecified atom stereocenters. The predicted octanol–water partition coefficient (Wildman–Crippen LogP) is 4.43. The smallest absolute Gasteiger partial charge is 0.129 e. The molecule has 7 heteroatoms. The maximum atomic E-state index is 14.1. The molecule has 1 heterocycles. The summed E-state index contributed by atoms with van der Waals surface area (Å²) >= 11 is 6.01. The van der Waals surface area contributed by atoms with Gasteiger partial charge >= 0.3 is 0 Å². The maximum Gasteiger partial charge on any atom is 0.129 e. The number of aryl methyl sites for hydroxylation is 1. The van der Waals surface area contributed by atoms with Gasteiger partial charge in [-0.15, -0.1) is 0 Å². The summed E-state index contributed by atoms with van der Waals surface area (Å²) in [5, 5.41) is 8.41. The van der Waals surface area contributed by atoms with Crippen LogP contribution in [0.15, 0.2) is 48.7 Å². The quantitative estimate of drug-likeness (QED) is 0.647. The van der Waals surface area contributed by atoms with Gasteiger partial charge in [-0.2, -0.15) is 5.10 Å². The van der Waals surface area contributed by atoms with Gasteiger partial charge in [0.1, 0.15) is 17.4 Å². The van der Waals surface area contributed by atoms with Crippen LogP contribution in [0.5, 0.6) is 5.75 Å². The molecule has 0 radical (unpaired) electrons. The highest BCUT2D eigenvalue weighted by Gasteiger charge is 2.18. The number of nitrogens with one attached hydrogen (secondary N) is 1. The number of hydrogen-bond acceptors (Lipinski definition) is 3. The van der Waals surface area contributed by atoms with Gasteiger partial charge in [-0.25, -0.2) is 8.78 Å². The van der Waals surface area contributed by atoms with Crippen LogP contribution in [0.1, 0.15) is 22.9 Å². The SMILES string of the molecule is COc1cc(Cl)ccc1CNC(Cc1ccc(F)cc1F)c1ccn(C)n1. The Balaban J connectivity index is 1.82. The Morgan fingerprint density at radius 2 is 1.93 bits per heavy atom. The minimum Gasteiger partial charge on any atom is -0.496 e. The van der Waals surface area contributed by atoms with E-state index >= 15 is 0 Å². The summed E-state index contributed by atoms with van der Waals surface area (Å²) in [6, 6.07) is 10.6. The van der Waals surface area contributed by atoms with Gasteiger partial charge in [-0.1, -0.05) is 23.7 Å². The zero-order valence-corrected chi connectivity index (χ0v) is 15.8. The van der Waals surface area contributed by atoms with Crippen molar-refractivity contribution in [2.45, 2.75) is 19.0 Å². The van der Waals surface area contributed by atoms with E-state index in [9.17, 15) is 8.78 Å². The number of ether oxygens (including phenoxy) is 1. The molecule has 0 amide bonds. The van der Waals surface area contributed by atoms with Crippen LogP contribution in [0.3, 0.4) is 0 Å². The van der Waals surface area contributed by atoms with Crippen molar-refractivity contribution in [3.8, 4) is 5.75 Å². The molecule has 3 rings (SSSR count). The molecule has 0 aliphatic carbocycles. The zero-order valence-electron chi connectivity index (χ0n) is 15.0. The molecule has 0 saturated carbocycles. The topological polar surface area (TPSA) is 39.1 Å². The molecule has 0 saturated heterocycles. The minimum atomic E-state index is -0.593. The lowest BCUT2D eigenvalue weighted by Gasteiger charge is -2.19. The van der Waals surface area contributed by atoms with E-state index in [1.165, 1.54) is 12.1 Å². The van der Waals surface area contributed by atoms with E-state index in [1.54, 1.807) is 23.9 Å². The third-order valence-electron chi connectivity index (χ3n) is 4.32. The van der Waals surface area contributed by atoms with Gasteiger partial charge in [-0.05, 0) is 36.2 Å². The van der Waals surface area contributed by atoms with Crippen LogP contribution in [0.2, 0.25) is 5.02 Å². The molecule has 0 aliphatic heterocycles. The molecule has 0 spiro atoms. The number of nitrogens with zero attached hydrogens (tertiary/aromatic N) is 2. The first-order chi connectivity index (χ1) is 13.0. The van der Waals surface area contributed by atoms with Crippen LogP contribution in [0.25, 0.3) is 0 Å². The van der Waals surface area contributed by atoms with Crippen molar-refractivity contribution >= 4 is 11.6 Å². The first-order valence-electron chi connectivity index (χ1n) is 8.45. The first kappa shape index (κ1) is 19.3. The Hall–Kier alpha value is -2.44. The van der Waals surface area contributed by atoms with Gasteiger partial charge in [-0.3, -0.25) is 4.68 Å². The maximum absolute atomic E-state index is 14.1. The first-order valence-corrected chi connectivity index (χ1v) is 8.83. The molecular formula is C20H20ClF2N3O. The second-order valence-corrected chi connectivity index (χ2v) is 6.68. The van der Waals surface area contributed by atoms with E-state index in [-0.39, 0.29) is 6.04 Å². The molecular weight excluding hydrogens is 372 g/mol. The molecule has 1 N–H and O–H groups in total.